The lowest BCUT2D eigenvalue weighted by Gasteiger charge is -2.19. The van der Waals surface area contributed by atoms with Crippen molar-refractivity contribution >= 4 is 35.4 Å². The van der Waals surface area contributed by atoms with Crippen molar-refractivity contribution in [1.82, 2.24) is 0 Å². The molecule has 18 heteroatoms. The van der Waals surface area contributed by atoms with Crippen molar-refractivity contribution in [2.45, 2.75) is 26.1 Å². The molecular weight excluding hydrogens is 877 g/mol. The van der Waals surface area contributed by atoms with E-state index >= 15 is 17.6 Å². The summed E-state index contributed by atoms with van der Waals surface area (Å²) in [4.78, 5) is 72.2. The molecule has 342 valence electrons. The maximum Gasteiger partial charge on any atom is 0.338 e. The first-order valence-electron chi connectivity index (χ1n) is 19.5. The number of carbonyl (C=O) groups is 6. The van der Waals surface area contributed by atoms with Crippen molar-refractivity contribution in [3.05, 3.63) is 168 Å². The second-order valence-corrected chi connectivity index (χ2v) is 13.7. The van der Waals surface area contributed by atoms with Crippen molar-refractivity contribution in [2.24, 2.45) is 0 Å². The van der Waals surface area contributed by atoms with Crippen molar-refractivity contribution in [1.29, 1.82) is 0 Å². The lowest BCUT2D eigenvalue weighted by molar-refractivity contribution is -0.147. The molecule has 0 aromatic heterocycles. The van der Waals surface area contributed by atoms with Crippen molar-refractivity contribution < 1.29 is 84.2 Å². The molecule has 0 aliphatic heterocycles. The molecular formula is C48H38F4O14. The first-order valence-corrected chi connectivity index (χ1v) is 19.5. The molecule has 0 radical (unpaired) electrons. The van der Waals surface area contributed by atoms with Gasteiger partial charge in [0.1, 0.15) is 49.4 Å². The fraction of sp³-hybridized carbons (Fsp3) is 0.167. The third-order valence-corrected chi connectivity index (χ3v) is 8.86. The Morgan fingerprint density at radius 2 is 0.803 bits per heavy atom. The van der Waals surface area contributed by atoms with E-state index in [-0.39, 0.29) is 45.7 Å². The molecule has 5 aromatic carbocycles. The second kappa shape index (κ2) is 22.9. The van der Waals surface area contributed by atoms with Gasteiger partial charge in [0, 0.05) is 35.4 Å². The lowest BCUT2D eigenvalue weighted by atomic mass is 10.1. The third-order valence-electron chi connectivity index (χ3n) is 8.86. The van der Waals surface area contributed by atoms with Gasteiger partial charge in [-0.05, 0) is 62.4 Å². The number of ketones is 2. The van der Waals surface area contributed by atoms with Crippen molar-refractivity contribution in [3.63, 3.8) is 0 Å². The van der Waals surface area contributed by atoms with Gasteiger partial charge in [0.15, 0.2) is 23.8 Å². The number of hydrogen-bond donors (Lipinski definition) is 0. The van der Waals surface area contributed by atoms with Crippen molar-refractivity contribution in [3.8, 4) is 34.5 Å². The summed E-state index contributed by atoms with van der Waals surface area (Å²) in [5.41, 5.74) is 0.965. The molecule has 0 spiro atoms. The van der Waals surface area contributed by atoms with Gasteiger partial charge in [-0.3, -0.25) is 9.59 Å². The van der Waals surface area contributed by atoms with Gasteiger partial charge in [-0.2, -0.15) is 17.6 Å². The molecule has 2 atom stereocenters. The van der Waals surface area contributed by atoms with E-state index in [2.05, 4.69) is 13.2 Å². The molecule has 0 saturated carbocycles. The summed E-state index contributed by atoms with van der Waals surface area (Å²) >= 11 is 0. The van der Waals surface area contributed by atoms with Gasteiger partial charge < -0.3 is 37.9 Å². The predicted molar refractivity (Wildman–Crippen MR) is 224 cm³/mol. The van der Waals surface area contributed by atoms with Gasteiger partial charge in [0.25, 0.3) is 0 Å². The Morgan fingerprint density at radius 3 is 1.12 bits per heavy atom. The minimum atomic E-state index is -1.96. The minimum Gasteiger partial charge on any atom is -0.489 e. The molecule has 0 N–H and O–H groups in total. The van der Waals surface area contributed by atoms with E-state index in [4.69, 9.17) is 37.9 Å². The van der Waals surface area contributed by atoms with Gasteiger partial charge in [-0.15, -0.1) is 0 Å². The van der Waals surface area contributed by atoms with E-state index in [9.17, 15) is 28.8 Å². The van der Waals surface area contributed by atoms with E-state index in [1.54, 1.807) is 0 Å². The smallest absolute Gasteiger partial charge is 0.338 e. The molecule has 0 aliphatic carbocycles. The van der Waals surface area contributed by atoms with E-state index < -0.39 is 97.3 Å². The van der Waals surface area contributed by atoms with E-state index in [1.807, 2.05) is 0 Å². The Bertz CT molecular complexity index is 2420. The molecule has 14 nitrogen and oxygen atoms in total. The van der Waals surface area contributed by atoms with Crippen LogP contribution in [-0.4, -0.2) is 74.1 Å². The van der Waals surface area contributed by atoms with E-state index in [0.29, 0.717) is 11.1 Å². The summed E-state index contributed by atoms with van der Waals surface area (Å²) in [5.74, 6) is -15.3. The molecule has 5 rings (SSSR count). The molecule has 66 heavy (non-hydrogen) atoms. The molecule has 0 bridgehead atoms. The zero-order valence-corrected chi connectivity index (χ0v) is 35.0. The van der Waals surface area contributed by atoms with Gasteiger partial charge in [0.2, 0.25) is 34.8 Å². The van der Waals surface area contributed by atoms with Crippen LogP contribution in [0.1, 0.15) is 55.3 Å². The predicted octanol–water partition coefficient (Wildman–Crippen LogP) is 8.90. The molecule has 0 amide bonds. The van der Waals surface area contributed by atoms with Gasteiger partial charge in [-0.25, -0.2) is 19.2 Å². The lowest BCUT2D eigenvalue weighted by Crippen LogP contribution is -2.30. The average molecular weight is 915 g/mol. The van der Waals surface area contributed by atoms with Crippen LogP contribution < -0.4 is 18.9 Å². The Hall–Kier alpha value is -8.28. The Kier molecular flexibility index (Phi) is 16.9. The average Bonchev–Trinajstić information content (AvgIpc) is 3.32. The molecule has 0 fully saturated rings. The number of halogens is 4. The van der Waals surface area contributed by atoms with Gasteiger partial charge >= 0.3 is 23.9 Å². The monoisotopic (exact) mass is 914 g/mol. The number of Topliss-reactive ketones (excluding diaryl/α,β-unsaturated/α-hetero) is 2. The zero-order valence-electron chi connectivity index (χ0n) is 35.0. The first kappa shape index (κ1) is 48.7. The van der Waals surface area contributed by atoms with Crippen LogP contribution in [0.5, 0.6) is 34.5 Å². The van der Waals surface area contributed by atoms with Crippen LogP contribution in [0.15, 0.2) is 122 Å². The number of carbonyl (C=O) groups excluding carboxylic acids is 6. The Morgan fingerprint density at radius 1 is 0.485 bits per heavy atom. The van der Waals surface area contributed by atoms with Crippen LogP contribution >= 0.6 is 0 Å². The number of hydrogen-bond acceptors (Lipinski definition) is 14. The second-order valence-electron chi connectivity index (χ2n) is 13.7. The van der Waals surface area contributed by atoms with Crippen LogP contribution in [0.3, 0.4) is 0 Å². The highest BCUT2D eigenvalue weighted by atomic mass is 19.2. The molecule has 5 aromatic rings. The van der Waals surface area contributed by atoms with E-state index in [1.165, 1.54) is 98.8 Å². The zero-order chi connectivity index (χ0) is 47.9. The highest BCUT2D eigenvalue weighted by Gasteiger charge is 2.30. The minimum absolute atomic E-state index is 0.0365. The summed E-state index contributed by atoms with van der Waals surface area (Å²) in [5, 5.41) is 0. The molecule has 0 saturated heterocycles. The summed E-state index contributed by atoms with van der Waals surface area (Å²) < 4.78 is 104. The van der Waals surface area contributed by atoms with Crippen LogP contribution in [-0.2, 0) is 28.5 Å². The first-order chi connectivity index (χ1) is 31.6. The van der Waals surface area contributed by atoms with E-state index in [0.717, 1.165) is 24.3 Å². The number of benzene rings is 5. The van der Waals surface area contributed by atoms with Crippen LogP contribution in [0, 0.1) is 23.3 Å². The number of ether oxygens (including phenoxy) is 8. The topological polar surface area (TPSA) is 176 Å². The normalized spacial score (nSPS) is 11.5. The molecule has 0 aliphatic rings. The van der Waals surface area contributed by atoms with Gasteiger partial charge in [0.05, 0.1) is 11.1 Å². The van der Waals surface area contributed by atoms with Crippen molar-refractivity contribution in [2.75, 3.05) is 26.4 Å². The van der Waals surface area contributed by atoms with Crippen LogP contribution in [0.25, 0.3) is 0 Å². The maximum atomic E-state index is 15.4. The highest BCUT2D eigenvalue weighted by Crippen LogP contribution is 2.39. The fourth-order valence-electron chi connectivity index (χ4n) is 5.48. The highest BCUT2D eigenvalue weighted by molar-refractivity contribution is 5.97. The Balaban J connectivity index is 1.22. The molecule has 0 heterocycles. The standard InChI is InChI=1S/C48H38F4O14/c1-5-39(55)63-37(25-61-47(57)31-17-13-29(14-18-31)27(3)53)23-59-33-9-7-11-35(21-33)65-45-41(49)43(51)46(44(52)42(45)50)66-36-12-8-10-34(22-36)60-24-38(64-40(56)6-2)26-62-48(58)32-19-15-30(16-20-32)28(4)54/h5-22,37-38H,1-2,23-26H2,3-4H3. The molecule has 2 unspecified atom stereocenters. The largest absolute Gasteiger partial charge is 0.489 e. The number of rotatable bonds is 22. The van der Waals surface area contributed by atoms with Crippen LogP contribution in [0.4, 0.5) is 17.6 Å². The summed E-state index contributed by atoms with van der Waals surface area (Å²) in [6.45, 7) is 7.53. The third kappa shape index (κ3) is 13.4. The quantitative estimate of drug-likeness (QED) is 0.0161. The van der Waals surface area contributed by atoms with Crippen LogP contribution in [0.2, 0.25) is 0 Å². The number of esters is 4. The summed E-state index contributed by atoms with van der Waals surface area (Å²) in [7, 11) is 0. The SMILES string of the molecule is C=CC(=O)OC(COC(=O)c1ccc(C(C)=O)cc1)COc1cccc(Oc2c(F)c(F)c(Oc3cccc(OCC(COC(=O)c4ccc(C(C)=O)cc4)OC(=O)C=C)c3)c(F)c2F)c1. The summed E-state index contributed by atoms with van der Waals surface area (Å²) in [6.07, 6.45) is -0.662. The fourth-order valence-corrected chi connectivity index (χ4v) is 5.48. The maximum absolute atomic E-state index is 15.4. The van der Waals surface area contributed by atoms with Gasteiger partial charge in [-0.1, -0.05) is 49.6 Å². The Labute approximate surface area is 373 Å². The summed E-state index contributed by atoms with van der Waals surface area (Å²) in [6, 6.07) is 21.2.